The van der Waals surface area contributed by atoms with Gasteiger partial charge < -0.3 is 10.1 Å². The normalized spacial score (nSPS) is 15.4. The lowest BCUT2D eigenvalue weighted by atomic mass is 10.2. The molecule has 1 saturated heterocycles. The Hall–Kier alpha value is -1.94. The number of halogens is 1. The van der Waals surface area contributed by atoms with Crippen molar-refractivity contribution in [3.63, 3.8) is 0 Å². The van der Waals surface area contributed by atoms with E-state index in [2.05, 4.69) is 5.32 Å². The van der Waals surface area contributed by atoms with E-state index < -0.39 is 28.5 Å². The van der Waals surface area contributed by atoms with E-state index in [0.717, 1.165) is 30.6 Å². The molecule has 10 heteroatoms. The van der Waals surface area contributed by atoms with Gasteiger partial charge in [0.1, 0.15) is 4.90 Å². The summed E-state index contributed by atoms with van der Waals surface area (Å²) in [6, 6.07) is 7.73. The van der Waals surface area contributed by atoms with Crippen molar-refractivity contribution in [1.82, 2.24) is 9.62 Å². The number of hydrogen-bond acceptors (Lipinski definition) is 6. The number of nitrogens with one attached hydrogen (secondary N) is 1. The molecule has 3 rings (SSSR count). The van der Waals surface area contributed by atoms with Crippen molar-refractivity contribution < 1.29 is 22.7 Å². The quantitative estimate of drug-likeness (QED) is 0.626. The lowest BCUT2D eigenvalue weighted by molar-refractivity contribution is -0.124. The summed E-state index contributed by atoms with van der Waals surface area (Å²) >= 11 is 7.65. The first-order valence-electron chi connectivity index (χ1n) is 9.64. The first-order chi connectivity index (χ1) is 14.4. The predicted molar refractivity (Wildman–Crippen MR) is 115 cm³/mol. The number of nitrogens with zero attached hydrogens (tertiary/aromatic N) is 1. The number of benzene rings is 1. The SMILES string of the molecule is O=C(COC(=O)c1ccc(Cl)c(S(=O)(=O)N2CCCCCC2)c1)NCc1cccs1. The van der Waals surface area contributed by atoms with Crippen LogP contribution < -0.4 is 5.32 Å². The molecule has 0 saturated carbocycles. The maximum atomic E-state index is 13.0. The molecule has 1 amide bonds. The standard InChI is InChI=1S/C20H23ClN2O5S2/c21-17-8-7-15(12-18(17)30(26,27)23-9-3-1-2-4-10-23)20(25)28-14-19(24)22-13-16-6-5-11-29-16/h5-8,11-12H,1-4,9-10,13-14H2,(H,22,24). The van der Waals surface area contributed by atoms with Crippen LogP contribution in [-0.4, -0.2) is 44.3 Å². The minimum Gasteiger partial charge on any atom is -0.452 e. The summed E-state index contributed by atoms with van der Waals surface area (Å²) in [7, 11) is -3.82. The van der Waals surface area contributed by atoms with Crippen molar-refractivity contribution in [2.24, 2.45) is 0 Å². The second-order valence-electron chi connectivity index (χ2n) is 6.90. The third-order valence-electron chi connectivity index (χ3n) is 4.72. The average molecular weight is 471 g/mol. The van der Waals surface area contributed by atoms with Gasteiger partial charge in [-0.15, -0.1) is 11.3 Å². The second-order valence-corrected chi connectivity index (χ2v) is 10.2. The van der Waals surface area contributed by atoms with Crippen LogP contribution in [0.15, 0.2) is 40.6 Å². The molecule has 1 aromatic heterocycles. The van der Waals surface area contributed by atoms with Crippen LogP contribution in [-0.2, 0) is 26.1 Å². The zero-order valence-electron chi connectivity index (χ0n) is 16.3. The molecule has 1 N–H and O–H groups in total. The van der Waals surface area contributed by atoms with Crippen LogP contribution in [0, 0.1) is 0 Å². The topological polar surface area (TPSA) is 92.8 Å². The van der Waals surface area contributed by atoms with E-state index >= 15 is 0 Å². The zero-order chi connectivity index (χ0) is 21.6. The number of ether oxygens (including phenoxy) is 1. The lowest BCUT2D eigenvalue weighted by Gasteiger charge is -2.21. The lowest BCUT2D eigenvalue weighted by Crippen LogP contribution is -2.32. The molecule has 1 aromatic carbocycles. The molecule has 0 bridgehead atoms. The Morgan fingerprint density at radius 2 is 1.87 bits per heavy atom. The molecule has 30 heavy (non-hydrogen) atoms. The monoisotopic (exact) mass is 470 g/mol. The van der Waals surface area contributed by atoms with Crippen molar-refractivity contribution in [3.8, 4) is 0 Å². The number of thiophene rings is 1. The van der Waals surface area contributed by atoms with Gasteiger partial charge in [-0.2, -0.15) is 4.31 Å². The smallest absolute Gasteiger partial charge is 0.338 e. The molecular weight excluding hydrogens is 448 g/mol. The second kappa shape index (κ2) is 10.4. The molecule has 0 spiro atoms. The summed E-state index contributed by atoms with van der Waals surface area (Å²) in [4.78, 5) is 25.1. The van der Waals surface area contributed by atoms with E-state index in [1.54, 1.807) is 0 Å². The Morgan fingerprint density at radius 3 is 2.53 bits per heavy atom. The summed E-state index contributed by atoms with van der Waals surface area (Å²) in [6.07, 6.45) is 3.56. The molecule has 1 fully saturated rings. The van der Waals surface area contributed by atoms with Crippen LogP contribution in [0.25, 0.3) is 0 Å². The van der Waals surface area contributed by atoms with Crippen LogP contribution in [0.3, 0.4) is 0 Å². The average Bonchev–Trinajstić information content (AvgIpc) is 3.10. The number of carbonyl (C=O) groups excluding carboxylic acids is 2. The first-order valence-corrected chi connectivity index (χ1v) is 12.3. The van der Waals surface area contributed by atoms with E-state index in [4.69, 9.17) is 16.3 Å². The summed E-state index contributed by atoms with van der Waals surface area (Å²) < 4.78 is 32.5. The highest BCUT2D eigenvalue weighted by Crippen LogP contribution is 2.28. The number of sulfonamides is 1. The van der Waals surface area contributed by atoms with Crippen LogP contribution in [0.2, 0.25) is 5.02 Å². The minimum atomic E-state index is -3.82. The third kappa shape index (κ3) is 5.81. The Balaban J connectivity index is 1.64. The number of amides is 1. The Kier molecular flexibility index (Phi) is 7.87. The summed E-state index contributed by atoms with van der Waals surface area (Å²) in [5, 5.41) is 4.60. The first kappa shape index (κ1) is 22.7. The van der Waals surface area contributed by atoms with Gasteiger partial charge in [0, 0.05) is 18.0 Å². The van der Waals surface area contributed by atoms with Crippen LogP contribution in [0.5, 0.6) is 0 Å². The molecule has 0 radical (unpaired) electrons. The van der Waals surface area contributed by atoms with Gasteiger partial charge in [-0.25, -0.2) is 13.2 Å². The van der Waals surface area contributed by atoms with Gasteiger partial charge in [-0.05, 0) is 42.5 Å². The van der Waals surface area contributed by atoms with Gasteiger partial charge in [-0.3, -0.25) is 4.79 Å². The van der Waals surface area contributed by atoms with Crippen molar-refractivity contribution in [2.75, 3.05) is 19.7 Å². The van der Waals surface area contributed by atoms with E-state index in [1.165, 1.54) is 33.8 Å². The number of rotatable bonds is 7. The number of esters is 1. The zero-order valence-corrected chi connectivity index (χ0v) is 18.7. The summed E-state index contributed by atoms with van der Waals surface area (Å²) in [6.45, 7) is 0.754. The molecular formula is C20H23ClN2O5S2. The molecule has 0 aliphatic carbocycles. The molecule has 0 atom stereocenters. The fourth-order valence-electron chi connectivity index (χ4n) is 3.11. The highest BCUT2D eigenvalue weighted by atomic mass is 35.5. The van der Waals surface area contributed by atoms with Crippen molar-refractivity contribution >= 4 is 44.8 Å². The summed E-state index contributed by atoms with van der Waals surface area (Å²) in [5.74, 6) is -1.23. The Bertz CT molecular complexity index is 985. The molecule has 1 aliphatic heterocycles. The van der Waals surface area contributed by atoms with Gasteiger partial charge in [0.15, 0.2) is 6.61 Å². The number of hydrogen-bond donors (Lipinski definition) is 1. The largest absolute Gasteiger partial charge is 0.452 e. The molecule has 7 nitrogen and oxygen atoms in total. The molecule has 162 valence electrons. The van der Waals surface area contributed by atoms with Gasteiger partial charge in [0.25, 0.3) is 5.91 Å². The van der Waals surface area contributed by atoms with E-state index in [1.807, 2.05) is 17.5 Å². The number of carbonyl (C=O) groups is 2. The van der Waals surface area contributed by atoms with Crippen LogP contribution in [0.4, 0.5) is 0 Å². The van der Waals surface area contributed by atoms with Crippen LogP contribution >= 0.6 is 22.9 Å². The van der Waals surface area contributed by atoms with Crippen molar-refractivity contribution in [1.29, 1.82) is 0 Å². The molecule has 2 heterocycles. The fourth-order valence-corrected chi connectivity index (χ4v) is 5.78. The maximum Gasteiger partial charge on any atom is 0.338 e. The van der Waals surface area contributed by atoms with Crippen LogP contribution in [0.1, 0.15) is 40.9 Å². The van der Waals surface area contributed by atoms with E-state index in [-0.39, 0.29) is 15.5 Å². The van der Waals surface area contributed by atoms with Gasteiger partial charge >= 0.3 is 5.97 Å². The van der Waals surface area contributed by atoms with Gasteiger partial charge in [-0.1, -0.05) is 30.5 Å². The van der Waals surface area contributed by atoms with Gasteiger partial charge in [0.05, 0.1) is 17.1 Å². The predicted octanol–water partition coefficient (Wildman–Crippen LogP) is 3.44. The molecule has 1 aliphatic rings. The maximum absolute atomic E-state index is 13.0. The minimum absolute atomic E-state index is 0.0267. The third-order valence-corrected chi connectivity index (χ3v) is 7.98. The molecule has 2 aromatic rings. The molecule has 0 unspecified atom stereocenters. The van der Waals surface area contributed by atoms with Crippen molar-refractivity contribution in [2.45, 2.75) is 37.1 Å². The fraction of sp³-hybridized carbons (Fsp3) is 0.400. The van der Waals surface area contributed by atoms with Gasteiger partial charge in [0.2, 0.25) is 10.0 Å². The highest BCUT2D eigenvalue weighted by Gasteiger charge is 2.28. The Labute approximate surface area is 185 Å². The Morgan fingerprint density at radius 1 is 1.13 bits per heavy atom. The van der Waals surface area contributed by atoms with E-state index in [0.29, 0.717) is 19.6 Å². The highest BCUT2D eigenvalue weighted by molar-refractivity contribution is 7.89. The summed E-state index contributed by atoms with van der Waals surface area (Å²) in [5.41, 5.74) is 0.0267. The van der Waals surface area contributed by atoms with Crippen molar-refractivity contribution in [3.05, 3.63) is 51.2 Å². The van der Waals surface area contributed by atoms with E-state index in [9.17, 15) is 18.0 Å².